The molecular formula is C12H22N2S. The molecule has 0 spiro atoms. The Morgan fingerprint density at radius 2 is 2.07 bits per heavy atom. The second-order valence-electron chi connectivity index (χ2n) is 4.36. The minimum atomic E-state index is 0.860. The lowest BCUT2D eigenvalue weighted by Gasteiger charge is -2.04. The molecule has 0 amide bonds. The summed E-state index contributed by atoms with van der Waals surface area (Å²) in [5.41, 5.74) is 0. The van der Waals surface area contributed by atoms with Crippen molar-refractivity contribution in [1.29, 1.82) is 0 Å². The Morgan fingerprint density at radius 1 is 1.27 bits per heavy atom. The second-order valence-corrected chi connectivity index (χ2v) is 5.26. The molecule has 1 aromatic heterocycles. The first kappa shape index (κ1) is 12.5. The van der Waals surface area contributed by atoms with Crippen LogP contribution in [0.5, 0.6) is 0 Å². The Hall–Kier alpha value is -0.570. The van der Waals surface area contributed by atoms with Gasteiger partial charge in [-0.1, -0.05) is 39.5 Å². The minimum absolute atomic E-state index is 0.860. The molecule has 0 bridgehead atoms. The fourth-order valence-electron chi connectivity index (χ4n) is 1.54. The first-order chi connectivity index (χ1) is 7.29. The van der Waals surface area contributed by atoms with Crippen LogP contribution in [0, 0.1) is 5.92 Å². The number of unbranched alkanes of at least 4 members (excludes halogenated alkanes) is 3. The number of nitrogens with zero attached hydrogens (tertiary/aromatic N) is 1. The van der Waals surface area contributed by atoms with E-state index in [0.717, 1.165) is 17.6 Å². The molecule has 0 saturated heterocycles. The number of anilines is 1. The lowest BCUT2D eigenvalue weighted by atomic mass is 10.0. The third-order valence-electron chi connectivity index (χ3n) is 2.42. The zero-order valence-corrected chi connectivity index (χ0v) is 10.6. The van der Waals surface area contributed by atoms with Crippen LogP contribution in [-0.4, -0.2) is 11.5 Å². The first-order valence-corrected chi connectivity index (χ1v) is 6.80. The maximum Gasteiger partial charge on any atom is 0.182 e. The van der Waals surface area contributed by atoms with Crippen molar-refractivity contribution in [3.63, 3.8) is 0 Å². The van der Waals surface area contributed by atoms with Crippen molar-refractivity contribution in [2.24, 2.45) is 5.92 Å². The number of hydrogen-bond acceptors (Lipinski definition) is 3. The number of nitrogens with one attached hydrogen (secondary N) is 1. The van der Waals surface area contributed by atoms with Gasteiger partial charge in [0.25, 0.3) is 0 Å². The molecule has 1 rings (SSSR count). The summed E-state index contributed by atoms with van der Waals surface area (Å²) >= 11 is 1.67. The maximum absolute atomic E-state index is 4.18. The van der Waals surface area contributed by atoms with Crippen molar-refractivity contribution in [3.8, 4) is 0 Å². The largest absolute Gasteiger partial charge is 0.362 e. The van der Waals surface area contributed by atoms with Gasteiger partial charge in [0.2, 0.25) is 0 Å². The Labute approximate surface area is 97.1 Å². The summed E-state index contributed by atoms with van der Waals surface area (Å²) < 4.78 is 0. The van der Waals surface area contributed by atoms with Gasteiger partial charge in [0.1, 0.15) is 0 Å². The smallest absolute Gasteiger partial charge is 0.182 e. The van der Waals surface area contributed by atoms with E-state index >= 15 is 0 Å². The van der Waals surface area contributed by atoms with Gasteiger partial charge in [0.15, 0.2) is 5.13 Å². The third kappa shape index (κ3) is 6.50. The fraction of sp³-hybridized carbons (Fsp3) is 0.750. The Kier molecular flexibility index (Phi) is 6.41. The van der Waals surface area contributed by atoms with E-state index in [2.05, 4.69) is 24.1 Å². The Balaban J connectivity index is 1.85. The molecule has 1 N–H and O–H groups in total. The number of thiazole rings is 1. The fourth-order valence-corrected chi connectivity index (χ4v) is 2.09. The van der Waals surface area contributed by atoms with Crippen molar-refractivity contribution in [1.82, 2.24) is 4.98 Å². The molecular weight excluding hydrogens is 204 g/mol. The van der Waals surface area contributed by atoms with Gasteiger partial charge in [0, 0.05) is 18.1 Å². The van der Waals surface area contributed by atoms with Crippen LogP contribution in [0.1, 0.15) is 46.0 Å². The summed E-state index contributed by atoms with van der Waals surface area (Å²) in [6, 6.07) is 0. The third-order valence-corrected chi connectivity index (χ3v) is 3.15. The van der Waals surface area contributed by atoms with Crippen LogP contribution in [0.25, 0.3) is 0 Å². The zero-order valence-electron chi connectivity index (χ0n) is 9.83. The van der Waals surface area contributed by atoms with Crippen molar-refractivity contribution < 1.29 is 0 Å². The quantitative estimate of drug-likeness (QED) is 0.673. The van der Waals surface area contributed by atoms with Crippen LogP contribution >= 0.6 is 11.3 Å². The maximum atomic E-state index is 4.18. The van der Waals surface area contributed by atoms with Crippen molar-refractivity contribution in [2.45, 2.75) is 46.0 Å². The summed E-state index contributed by atoms with van der Waals surface area (Å²) in [5, 5.41) is 6.39. The summed E-state index contributed by atoms with van der Waals surface area (Å²) in [6.45, 7) is 5.66. The molecule has 0 aliphatic carbocycles. The minimum Gasteiger partial charge on any atom is -0.362 e. The van der Waals surface area contributed by atoms with Crippen LogP contribution in [0.15, 0.2) is 11.6 Å². The molecule has 1 heterocycles. The standard InChI is InChI=1S/C12H22N2S/c1-11(2)7-5-3-4-6-8-13-12-14-9-10-15-12/h9-11H,3-8H2,1-2H3,(H,13,14). The monoisotopic (exact) mass is 226 g/mol. The van der Waals surface area contributed by atoms with Crippen molar-refractivity contribution in [3.05, 3.63) is 11.6 Å². The van der Waals surface area contributed by atoms with E-state index < -0.39 is 0 Å². The van der Waals surface area contributed by atoms with Gasteiger partial charge in [-0.15, -0.1) is 11.3 Å². The van der Waals surface area contributed by atoms with E-state index in [9.17, 15) is 0 Å². The molecule has 0 aromatic carbocycles. The van der Waals surface area contributed by atoms with E-state index in [1.807, 2.05) is 11.6 Å². The van der Waals surface area contributed by atoms with Crippen LogP contribution in [0.2, 0.25) is 0 Å². The van der Waals surface area contributed by atoms with Crippen molar-refractivity contribution in [2.75, 3.05) is 11.9 Å². The van der Waals surface area contributed by atoms with Crippen LogP contribution < -0.4 is 5.32 Å². The lowest BCUT2D eigenvalue weighted by Crippen LogP contribution is -2.00. The molecule has 0 fully saturated rings. The first-order valence-electron chi connectivity index (χ1n) is 5.92. The summed E-state index contributed by atoms with van der Waals surface area (Å²) in [4.78, 5) is 4.18. The molecule has 2 nitrogen and oxygen atoms in total. The highest BCUT2D eigenvalue weighted by Gasteiger charge is 1.95. The molecule has 0 aliphatic heterocycles. The molecule has 1 aromatic rings. The van der Waals surface area contributed by atoms with Gasteiger partial charge in [-0.25, -0.2) is 4.98 Å². The van der Waals surface area contributed by atoms with Gasteiger partial charge in [-0.3, -0.25) is 0 Å². The predicted octanol–water partition coefficient (Wildman–Crippen LogP) is 4.16. The molecule has 3 heteroatoms. The van der Waals surface area contributed by atoms with Gasteiger partial charge >= 0.3 is 0 Å². The highest BCUT2D eigenvalue weighted by atomic mass is 32.1. The summed E-state index contributed by atoms with van der Waals surface area (Å²) in [5.74, 6) is 0.860. The normalized spacial score (nSPS) is 10.9. The van der Waals surface area contributed by atoms with E-state index in [4.69, 9.17) is 0 Å². The molecule has 0 unspecified atom stereocenters. The summed E-state index contributed by atoms with van der Waals surface area (Å²) in [6.07, 6.45) is 8.57. The van der Waals surface area contributed by atoms with Crippen molar-refractivity contribution >= 4 is 16.5 Å². The zero-order chi connectivity index (χ0) is 10.9. The molecule has 0 saturated carbocycles. The SMILES string of the molecule is CC(C)CCCCCCNc1nccs1. The average molecular weight is 226 g/mol. The van der Waals surface area contributed by atoms with E-state index in [0.29, 0.717) is 0 Å². The lowest BCUT2D eigenvalue weighted by molar-refractivity contribution is 0.523. The van der Waals surface area contributed by atoms with Crippen LogP contribution in [0.3, 0.4) is 0 Å². The molecule has 0 aliphatic rings. The van der Waals surface area contributed by atoms with Gasteiger partial charge in [0.05, 0.1) is 0 Å². The Morgan fingerprint density at radius 3 is 2.73 bits per heavy atom. The van der Waals surface area contributed by atoms with E-state index in [1.165, 1.54) is 32.1 Å². The molecule has 15 heavy (non-hydrogen) atoms. The topological polar surface area (TPSA) is 24.9 Å². The number of rotatable bonds is 8. The highest BCUT2D eigenvalue weighted by Crippen LogP contribution is 2.12. The molecule has 0 atom stereocenters. The second kappa shape index (κ2) is 7.69. The van der Waals surface area contributed by atoms with Gasteiger partial charge < -0.3 is 5.32 Å². The highest BCUT2D eigenvalue weighted by molar-refractivity contribution is 7.13. The predicted molar refractivity (Wildman–Crippen MR) is 68.5 cm³/mol. The summed E-state index contributed by atoms with van der Waals surface area (Å²) in [7, 11) is 0. The van der Waals surface area contributed by atoms with E-state index in [1.54, 1.807) is 11.3 Å². The van der Waals surface area contributed by atoms with E-state index in [-0.39, 0.29) is 0 Å². The molecule has 86 valence electrons. The van der Waals surface area contributed by atoms with Gasteiger partial charge in [-0.05, 0) is 12.3 Å². The Bertz CT molecular complexity index is 232. The van der Waals surface area contributed by atoms with Crippen LogP contribution in [-0.2, 0) is 0 Å². The van der Waals surface area contributed by atoms with Crippen LogP contribution in [0.4, 0.5) is 5.13 Å². The number of hydrogen-bond donors (Lipinski definition) is 1. The average Bonchev–Trinajstić information content (AvgIpc) is 2.68. The number of aromatic nitrogens is 1. The molecule has 0 radical (unpaired) electrons. The van der Waals surface area contributed by atoms with Gasteiger partial charge in [-0.2, -0.15) is 0 Å².